The Kier molecular flexibility index (Phi) is 3.69. The Hall–Kier alpha value is -2.10. The van der Waals surface area contributed by atoms with Crippen LogP contribution in [0.15, 0.2) is 36.4 Å². The monoisotopic (exact) mass is 262 g/mol. The summed E-state index contributed by atoms with van der Waals surface area (Å²) in [4.78, 5) is 1.82. The van der Waals surface area contributed by atoms with Gasteiger partial charge < -0.3 is 10.6 Å². The molecular weight excluding hydrogens is 246 g/mol. The Morgan fingerprint density at radius 2 is 1.89 bits per heavy atom. The topological polar surface area (TPSA) is 29.3 Å². The van der Waals surface area contributed by atoms with Crippen LogP contribution in [0.25, 0.3) is 0 Å². The van der Waals surface area contributed by atoms with E-state index in [1.807, 2.05) is 31.0 Å². The van der Waals surface area contributed by atoms with Crippen molar-refractivity contribution in [3.63, 3.8) is 0 Å². The van der Waals surface area contributed by atoms with Crippen LogP contribution in [0.5, 0.6) is 0 Å². The van der Waals surface area contributed by atoms with E-state index >= 15 is 0 Å². The first-order valence-electron chi connectivity index (χ1n) is 5.99. The lowest BCUT2D eigenvalue weighted by Crippen LogP contribution is -2.19. The summed E-state index contributed by atoms with van der Waals surface area (Å²) in [6.07, 6.45) is 0. The van der Waals surface area contributed by atoms with E-state index in [0.717, 1.165) is 23.4 Å². The maximum Gasteiger partial charge on any atom is 0.128 e. The van der Waals surface area contributed by atoms with Crippen molar-refractivity contribution in [1.82, 2.24) is 0 Å². The molecule has 0 bridgehead atoms. The minimum absolute atomic E-state index is 0.263. The number of anilines is 2. The molecule has 0 radical (unpaired) electrons. The lowest BCUT2D eigenvalue weighted by molar-refractivity contribution is 0.583. The van der Waals surface area contributed by atoms with Gasteiger partial charge in [0.15, 0.2) is 0 Å². The van der Waals surface area contributed by atoms with Crippen LogP contribution in [-0.4, -0.2) is 7.05 Å². The van der Waals surface area contributed by atoms with Gasteiger partial charge in [0.2, 0.25) is 0 Å². The molecule has 0 unspecified atom stereocenters. The molecular formula is C15H16F2N2. The van der Waals surface area contributed by atoms with E-state index in [9.17, 15) is 8.78 Å². The van der Waals surface area contributed by atoms with Crippen molar-refractivity contribution in [3.05, 3.63) is 59.2 Å². The molecule has 0 fully saturated rings. The van der Waals surface area contributed by atoms with Crippen LogP contribution in [0, 0.1) is 18.6 Å². The van der Waals surface area contributed by atoms with Crippen LogP contribution in [0.4, 0.5) is 20.2 Å². The Balaban J connectivity index is 2.31. The van der Waals surface area contributed by atoms with E-state index in [-0.39, 0.29) is 6.54 Å². The number of nitrogen functional groups attached to an aromatic ring is 1. The molecule has 0 amide bonds. The van der Waals surface area contributed by atoms with Crippen molar-refractivity contribution in [2.24, 2.45) is 0 Å². The number of hydrogen-bond acceptors (Lipinski definition) is 2. The van der Waals surface area contributed by atoms with Gasteiger partial charge >= 0.3 is 0 Å². The summed E-state index contributed by atoms with van der Waals surface area (Å²) in [7, 11) is 1.81. The van der Waals surface area contributed by atoms with Crippen LogP contribution < -0.4 is 10.6 Å². The maximum atomic E-state index is 13.6. The molecule has 0 aliphatic heterocycles. The first-order chi connectivity index (χ1) is 8.99. The summed E-state index contributed by atoms with van der Waals surface area (Å²) in [6, 6.07) is 9.05. The molecule has 19 heavy (non-hydrogen) atoms. The van der Waals surface area contributed by atoms with E-state index in [1.165, 1.54) is 6.07 Å². The standard InChI is InChI=1S/C15H16F2N2/c1-10-4-3-5-14(18)15(10)19(2)9-11-8-12(16)6-7-13(11)17/h3-8H,9,18H2,1-2H3. The summed E-state index contributed by atoms with van der Waals surface area (Å²) in [5, 5.41) is 0. The highest BCUT2D eigenvalue weighted by Gasteiger charge is 2.11. The van der Waals surface area contributed by atoms with Crippen molar-refractivity contribution in [2.75, 3.05) is 17.7 Å². The van der Waals surface area contributed by atoms with E-state index in [0.29, 0.717) is 11.3 Å². The summed E-state index contributed by atoms with van der Waals surface area (Å²) in [6.45, 7) is 2.20. The smallest absolute Gasteiger partial charge is 0.128 e. The molecule has 2 nitrogen and oxygen atoms in total. The Labute approximate surface area is 111 Å². The first-order valence-corrected chi connectivity index (χ1v) is 5.99. The molecule has 0 atom stereocenters. The van der Waals surface area contributed by atoms with Gasteiger partial charge in [-0.3, -0.25) is 0 Å². The lowest BCUT2D eigenvalue weighted by Gasteiger charge is -2.23. The fourth-order valence-electron chi connectivity index (χ4n) is 2.20. The number of aryl methyl sites for hydroxylation is 1. The van der Waals surface area contributed by atoms with Crippen LogP contribution in [0.2, 0.25) is 0 Å². The summed E-state index contributed by atoms with van der Waals surface area (Å²) < 4.78 is 26.8. The number of rotatable bonds is 3. The number of nitrogens with zero attached hydrogens (tertiary/aromatic N) is 1. The molecule has 2 aromatic rings. The molecule has 2 rings (SSSR count). The van der Waals surface area contributed by atoms with Crippen molar-refractivity contribution >= 4 is 11.4 Å². The van der Waals surface area contributed by atoms with Gasteiger partial charge in [0.1, 0.15) is 11.6 Å². The average molecular weight is 262 g/mol. The number of halogens is 2. The SMILES string of the molecule is Cc1cccc(N)c1N(C)Cc1cc(F)ccc1F. The molecule has 0 aliphatic carbocycles. The molecule has 0 saturated carbocycles. The summed E-state index contributed by atoms with van der Waals surface area (Å²) in [5.41, 5.74) is 8.71. The van der Waals surface area contributed by atoms with Gasteiger partial charge in [0, 0.05) is 19.2 Å². The number of para-hydroxylation sites is 1. The summed E-state index contributed by atoms with van der Waals surface area (Å²) in [5.74, 6) is -0.858. The zero-order valence-electron chi connectivity index (χ0n) is 11.0. The van der Waals surface area contributed by atoms with Crippen LogP contribution in [0.3, 0.4) is 0 Å². The van der Waals surface area contributed by atoms with Crippen LogP contribution in [0.1, 0.15) is 11.1 Å². The third-order valence-corrected chi connectivity index (χ3v) is 3.07. The summed E-state index contributed by atoms with van der Waals surface area (Å²) >= 11 is 0. The predicted molar refractivity (Wildman–Crippen MR) is 74.1 cm³/mol. The van der Waals surface area contributed by atoms with Gasteiger partial charge in [-0.2, -0.15) is 0 Å². The quantitative estimate of drug-likeness (QED) is 0.858. The normalized spacial score (nSPS) is 10.5. The number of benzene rings is 2. The van der Waals surface area contributed by atoms with Gasteiger partial charge in [-0.05, 0) is 36.8 Å². The van der Waals surface area contributed by atoms with Crippen molar-refractivity contribution in [3.8, 4) is 0 Å². The van der Waals surface area contributed by atoms with E-state index in [4.69, 9.17) is 5.73 Å². The third kappa shape index (κ3) is 2.84. The third-order valence-electron chi connectivity index (χ3n) is 3.07. The molecule has 0 spiro atoms. The second-order valence-electron chi connectivity index (χ2n) is 4.60. The predicted octanol–water partition coefficient (Wildman–Crippen LogP) is 3.49. The molecule has 0 saturated heterocycles. The lowest BCUT2D eigenvalue weighted by atomic mass is 10.1. The fraction of sp³-hybridized carbons (Fsp3) is 0.200. The Morgan fingerprint density at radius 1 is 1.16 bits per heavy atom. The van der Waals surface area contributed by atoms with Crippen LogP contribution in [-0.2, 0) is 6.54 Å². The zero-order valence-corrected chi connectivity index (χ0v) is 11.0. The number of nitrogens with two attached hydrogens (primary N) is 1. The van der Waals surface area contributed by atoms with Crippen molar-refractivity contribution in [2.45, 2.75) is 13.5 Å². The van der Waals surface area contributed by atoms with Crippen LogP contribution >= 0.6 is 0 Å². The van der Waals surface area contributed by atoms with E-state index in [1.54, 1.807) is 6.07 Å². The second-order valence-corrected chi connectivity index (χ2v) is 4.60. The van der Waals surface area contributed by atoms with Crippen molar-refractivity contribution < 1.29 is 8.78 Å². The highest BCUT2D eigenvalue weighted by Crippen LogP contribution is 2.27. The Bertz CT molecular complexity index is 576. The van der Waals surface area contributed by atoms with E-state index < -0.39 is 11.6 Å². The zero-order chi connectivity index (χ0) is 14.0. The second kappa shape index (κ2) is 5.26. The molecule has 0 aliphatic rings. The minimum atomic E-state index is -0.442. The van der Waals surface area contributed by atoms with Gasteiger partial charge in [-0.15, -0.1) is 0 Å². The van der Waals surface area contributed by atoms with Gasteiger partial charge in [-0.25, -0.2) is 8.78 Å². The fourth-order valence-corrected chi connectivity index (χ4v) is 2.20. The highest BCUT2D eigenvalue weighted by atomic mass is 19.1. The van der Waals surface area contributed by atoms with E-state index in [2.05, 4.69) is 0 Å². The van der Waals surface area contributed by atoms with Crippen molar-refractivity contribution in [1.29, 1.82) is 0 Å². The van der Waals surface area contributed by atoms with Gasteiger partial charge in [-0.1, -0.05) is 12.1 Å². The molecule has 2 aromatic carbocycles. The average Bonchev–Trinajstić information content (AvgIpc) is 2.33. The van der Waals surface area contributed by atoms with Gasteiger partial charge in [0.05, 0.1) is 11.4 Å². The molecule has 100 valence electrons. The molecule has 2 N–H and O–H groups in total. The maximum absolute atomic E-state index is 13.6. The first kappa shape index (κ1) is 13.3. The molecule has 0 aromatic heterocycles. The highest BCUT2D eigenvalue weighted by molar-refractivity contribution is 5.71. The van der Waals surface area contributed by atoms with Gasteiger partial charge in [0.25, 0.3) is 0 Å². The Morgan fingerprint density at radius 3 is 2.58 bits per heavy atom. The largest absolute Gasteiger partial charge is 0.397 e. The number of hydrogen-bond donors (Lipinski definition) is 1. The molecule has 0 heterocycles. The molecule has 4 heteroatoms. The minimum Gasteiger partial charge on any atom is -0.397 e.